The van der Waals surface area contributed by atoms with Crippen molar-refractivity contribution in [3.05, 3.63) is 147 Å². The Labute approximate surface area is 282 Å². The Morgan fingerprint density at radius 1 is 0.739 bits per heavy atom. The molecule has 4 aromatic carbocycles. The lowest BCUT2D eigenvalue weighted by Crippen LogP contribution is -2.20. The Bertz CT molecular complexity index is 2050. The van der Waals surface area contributed by atoms with Crippen molar-refractivity contribution in [2.75, 3.05) is 7.11 Å². The number of methoxy groups -OCH3 is 1. The Morgan fingerprint density at radius 2 is 1.28 bits per heavy atom. The van der Waals surface area contributed by atoms with Gasteiger partial charge in [0.15, 0.2) is 11.5 Å². The monoisotopic (exact) mass is 718 g/mol. The topological polar surface area (TPSA) is 116 Å². The highest BCUT2D eigenvalue weighted by Gasteiger charge is 2.32. The van der Waals surface area contributed by atoms with Crippen molar-refractivity contribution >= 4 is 39.1 Å². The third-order valence-electron chi connectivity index (χ3n) is 7.86. The number of halogens is 3. The third kappa shape index (κ3) is 6.18. The largest absolute Gasteiger partial charge is 0.493 e. The number of hydrogen-bond donors (Lipinski definition) is 4. The summed E-state index contributed by atoms with van der Waals surface area (Å²) in [4.78, 5) is 27.4. The zero-order chi connectivity index (χ0) is 32.5. The minimum atomic E-state index is -0.831. The standard InChI is InChI=1S/C35H29BrCl2N4O4/c1-18-4-8-20(9-5-18)31-29(34(43)41-39-31)28(30-32(40-42-35(30)44)21-10-6-19(2)7-11-21)23-14-25(36)33(27(15-23)45-3)46-17-22-12-13-24(37)16-26(22)38/h4-16,28H,17H2,1-3H3,(H2,39,41,43)(H2,40,42,44). The van der Waals surface area contributed by atoms with Crippen LogP contribution in [0.15, 0.2) is 92.9 Å². The maximum Gasteiger partial charge on any atom is 0.268 e. The quantitative estimate of drug-likeness (QED) is 0.120. The maximum atomic E-state index is 13.7. The molecule has 0 fully saturated rings. The molecule has 0 amide bonds. The Hall–Kier alpha value is -4.44. The van der Waals surface area contributed by atoms with Gasteiger partial charge in [0.25, 0.3) is 11.1 Å². The van der Waals surface area contributed by atoms with E-state index in [1.54, 1.807) is 24.3 Å². The second-order valence-corrected chi connectivity index (χ2v) is 12.7. The fourth-order valence-corrected chi connectivity index (χ4v) is 6.53. The molecular formula is C35H29BrCl2N4O4. The molecule has 6 rings (SSSR count). The predicted molar refractivity (Wildman–Crippen MR) is 186 cm³/mol. The van der Waals surface area contributed by atoms with Gasteiger partial charge < -0.3 is 9.47 Å². The minimum Gasteiger partial charge on any atom is -0.493 e. The minimum absolute atomic E-state index is 0.151. The Morgan fingerprint density at radius 3 is 1.78 bits per heavy atom. The molecule has 4 N–H and O–H groups in total. The fourth-order valence-electron chi connectivity index (χ4n) is 5.49. The number of aromatic amines is 4. The van der Waals surface area contributed by atoms with Crippen LogP contribution in [0.3, 0.4) is 0 Å². The SMILES string of the molecule is COc1cc(C(c2c(-c3ccc(C)cc3)[nH][nH]c2=O)c2c(-c3ccc(C)cc3)[nH][nH]c2=O)cc(Br)c1OCc1ccc(Cl)cc1Cl. The zero-order valence-electron chi connectivity index (χ0n) is 25.1. The van der Waals surface area contributed by atoms with Gasteiger partial charge in [0.2, 0.25) is 0 Å². The van der Waals surface area contributed by atoms with E-state index in [-0.39, 0.29) is 17.7 Å². The molecule has 2 heterocycles. The number of aryl methyl sites for hydroxylation is 2. The van der Waals surface area contributed by atoms with Gasteiger partial charge >= 0.3 is 0 Å². The van der Waals surface area contributed by atoms with Crippen molar-refractivity contribution in [3.8, 4) is 34.0 Å². The fraction of sp³-hybridized carbons (Fsp3) is 0.143. The second kappa shape index (κ2) is 13.1. The molecule has 0 saturated heterocycles. The maximum absolute atomic E-state index is 13.7. The molecule has 234 valence electrons. The van der Waals surface area contributed by atoms with E-state index in [4.69, 9.17) is 32.7 Å². The first kappa shape index (κ1) is 31.5. The van der Waals surface area contributed by atoms with Crippen molar-refractivity contribution in [2.24, 2.45) is 0 Å². The van der Waals surface area contributed by atoms with E-state index in [0.717, 1.165) is 27.8 Å². The highest BCUT2D eigenvalue weighted by molar-refractivity contribution is 9.10. The van der Waals surface area contributed by atoms with Crippen LogP contribution in [0.2, 0.25) is 10.0 Å². The third-order valence-corrected chi connectivity index (χ3v) is 9.04. The molecule has 0 aliphatic heterocycles. The van der Waals surface area contributed by atoms with E-state index in [9.17, 15) is 9.59 Å². The number of nitrogens with one attached hydrogen (secondary N) is 4. The summed E-state index contributed by atoms with van der Waals surface area (Å²) in [5.41, 5.74) is 6.26. The Balaban J connectivity index is 1.54. The average Bonchev–Trinajstić information content (AvgIpc) is 3.60. The molecule has 0 unspecified atom stereocenters. The van der Waals surface area contributed by atoms with Gasteiger partial charge in [-0.2, -0.15) is 0 Å². The number of hydrogen-bond acceptors (Lipinski definition) is 4. The molecule has 0 aliphatic rings. The molecule has 0 atom stereocenters. The van der Waals surface area contributed by atoms with Gasteiger partial charge in [0.1, 0.15) is 6.61 Å². The van der Waals surface area contributed by atoms with Gasteiger partial charge in [-0.15, -0.1) is 0 Å². The average molecular weight is 720 g/mol. The summed E-state index contributed by atoms with van der Waals surface area (Å²) in [6.07, 6.45) is 0. The van der Waals surface area contributed by atoms with Gasteiger partial charge in [-0.05, 0) is 70.7 Å². The van der Waals surface area contributed by atoms with Crippen LogP contribution in [0.4, 0.5) is 0 Å². The van der Waals surface area contributed by atoms with Crippen molar-refractivity contribution < 1.29 is 9.47 Å². The van der Waals surface area contributed by atoms with Crippen molar-refractivity contribution in [1.82, 2.24) is 20.4 Å². The van der Waals surface area contributed by atoms with E-state index in [2.05, 4.69) is 36.3 Å². The normalized spacial score (nSPS) is 11.3. The molecule has 6 aromatic rings. The van der Waals surface area contributed by atoms with Crippen LogP contribution in [0, 0.1) is 13.8 Å². The van der Waals surface area contributed by atoms with E-state index in [1.165, 1.54) is 7.11 Å². The summed E-state index contributed by atoms with van der Waals surface area (Å²) in [7, 11) is 1.53. The Kier molecular flexibility index (Phi) is 8.99. The van der Waals surface area contributed by atoms with Gasteiger partial charge in [-0.25, -0.2) is 0 Å². The summed E-state index contributed by atoms with van der Waals surface area (Å²) >= 11 is 16.1. The van der Waals surface area contributed by atoms with Crippen LogP contribution in [0.5, 0.6) is 11.5 Å². The molecule has 2 aromatic heterocycles. The first-order chi connectivity index (χ1) is 22.1. The molecule has 8 nitrogen and oxygen atoms in total. The lowest BCUT2D eigenvalue weighted by molar-refractivity contribution is 0.282. The lowest BCUT2D eigenvalue weighted by Gasteiger charge is -2.21. The van der Waals surface area contributed by atoms with Crippen LogP contribution < -0.4 is 20.6 Å². The predicted octanol–water partition coefficient (Wildman–Crippen LogP) is 8.51. The van der Waals surface area contributed by atoms with Crippen LogP contribution in [0.1, 0.15) is 39.3 Å². The van der Waals surface area contributed by atoms with E-state index in [0.29, 0.717) is 54.1 Å². The van der Waals surface area contributed by atoms with Gasteiger partial charge in [0.05, 0.1) is 34.1 Å². The summed E-state index contributed by atoms with van der Waals surface area (Å²) in [5, 5.41) is 12.6. The molecule has 46 heavy (non-hydrogen) atoms. The molecule has 0 radical (unpaired) electrons. The first-order valence-corrected chi connectivity index (χ1v) is 15.9. The molecule has 0 bridgehead atoms. The number of aromatic nitrogens is 4. The van der Waals surface area contributed by atoms with Crippen LogP contribution in [-0.2, 0) is 6.61 Å². The number of benzene rings is 4. The van der Waals surface area contributed by atoms with E-state index < -0.39 is 5.92 Å². The number of H-pyrrole nitrogens is 4. The summed E-state index contributed by atoms with van der Waals surface area (Å²) in [6, 6.07) is 24.4. The molecular weight excluding hydrogens is 691 g/mol. The van der Waals surface area contributed by atoms with Crippen LogP contribution >= 0.6 is 39.1 Å². The van der Waals surface area contributed by atoms with Crippen LogP contribution in [-0.4, -0.2) is 27.5 Å². The molecule has 0 aliphatic carbocycles. The van der Waals surface area contributed by atoms with Gasteiger partial charge in [-0.3, -0.25) is 30.0 Å². The van der Waals surface area contributed by atoms with E-state index >= 15 is 0 Å². The second-order valence-electron chi connectivity index (χ2n) is 11.0. The van der Waals surface area contributed by atoms with Crippen LogP contribution in [0.25, 0.3) is 22.5 Å². The highest BCUT2D eigenvalue weighted by atomic mass is 79.9. The van der Waals surface area contributed by atoms with Crippen molar-refractivity contribution in [3.63, 3.8) is 0 Å². The summed E-state index contributed by atoms with van der Waals surface area (Å²) < 4.78 is 12.6. The highest BCUT2D eigenvalue weighted by Crippen LogP contribution is 2.44. The zero-order valence-corrected chi connectivity index (χ0v) is 28.2. The smallest absolute Gasteiger partial charge is 0.268 e. The molecule has 0 saturated carbocycles. The molecule has 0 spiro atoms. The van der Waals surface area contributed by atoms with Crippen molar-refractivity contribution in [2.45, 2.75) is 26.4 Å². The molecule has 11 heteroatoms. The summed E-state index contributed by atoms with van der Waals surface area (Å²) in [6.45, 7) is 4.14. The van der Waals surface area contributed by atoms with Crippen molar-refractivity contribution in [1.29, 1.82) is 0 Å². The summed E-state index contributed by atoms with van der Waals surface area (Å²) in [5.74, 6) is -0.00536. The van der Waals surface area contributed by atoms with Gasteiger partial charge in [-0.1, -0.05) is 88.9 Å². The number of rotatable bonds is 9. The first-order valence-electron chi connectivity index (χ1n) is 14.3. The van der Waals surface area contributed by atoms with E-state index in [1.807, 2.05) is 68.4 Å². The van der Waals surface area contributed by atoms with Gasteiger partial charge in [0, 0.05) is 21.5 Å². The number of ether oxygens (including phenoxy) is 2. The lowest BCUT2D eigenvalue weighted by atomic mass is 9.83.